The minimum Gasteiger partial charge on any atom is -0.496 e. The number of amides is 1. The molecule has 0 aliphatic carbocycles. The van der Waals surface area contributed by atoms with Crippen LogP contribution in [0.25, 0.3) is 0 Å². The third kappa shape index (κ3) is 5.23. The Bertz CT molecular complexity index is 1170. The molecule has 34 heavy (non-hydrogen) atoms. The molecule has 1 N–H and O–H groups in total. The van der Waals surface area contributed by atoms with Crippen LogP contribution in [0.1, 0.15) is 62.3 Å². The summed E-state index contributed by atoms with van der Waals surface area (Å²) in [5.74, 6) is 1.29. The summed E-state index contributed by atoms with van der Waals surface area (Å²) < 4.78 is 39.1. The van der Waals surface area contributed by atoms with Gasteiger partial charge in [0, 0.05) is 31.5 Å². The van der Waals surface area contributed by atoms with E-state index in [2.05, 4.69) is 11.4 Å². The minimum absolute atomic E-state index is 0.0926. The highest BCUT2D eigenvalue weighted by Gasteiger charge is 2.34. The summed E-state index contributed by atoms with van der Waals surface area (Å²) >= 11 is 0. The van der Waals surface area contributed by atoms with Crippen LogP contribution in [-0.2, 0) is 21.2 Å². The van der Waals surface area contributed by atoms with Gasteiger partial charge in [0.25, 0.3) is 0 Å². The lowest BCUT2D eigenvalue weighted by atomic mass is 9.89. The van der Waals surface area contributed by atoms with Crippen molar-refractivity contribution >= 4 is 15.9 Å². The average Bonchev–Trinajstić information content (AvgIpc) is 3.33. The Labute approximate surface area is 202 Å². The molecule has 0 radical (unpaired) electrons. The van der Waals surface area contributed by atoms with Gasteiger partial charge >= 0.3 is 0 Å². The number of methoxy groups -OCH3 is 1. The summed E-state index contributed by atoms with van der Waals surface area (Å²) in [4.78, 5) is 13.2. The molecule has 7 nitrogen and oxygen atoms in total. The maximum Gasteiger partial charge on any atom is 0.243 e. The van der Waals surface area contributed by atoms with Crippen LogP contribution in [0.4, 0.5) is 0 Å². The van der Waals surface area contributed by atoms with Crippen molar-refractivity contribution < 1.29 is 22.7 Å². The van der Waals surface area contributed by atoms with E-state index < -0.39 is 10.0 Å². The zero-order valence-electron chi connectivity index (χ0n) is 20.4. The van der Waals surface area contributed by atoms with Crippen LogP contribution in [-0.4, -0.2) is 44.4 Å². The summed E-state index contributed by atoms with van der Waals surface area (Å²) in [5.41, 5.74) is 2.43. The van der Waals surface area contributed by atoms with E-state index in [1.54, 1.807) is 25.3 Å². The maximum atomic E-state index is 13.0. The van der Waals surface area contributed by atoms with Crippen molar-refractivity contribution in [3.8, 4) is 11.5 Å². The van der Waals surface area contributed by atoms with E-state index in [0.717, 1.165) is 29.7 Å². The monoisotopic (exact) mass is 486 g/mol. The van der Waals surface area contributed by atoms with Crippen molar-refractivity contribution in [2.75, 3.05) is 20.2 Å². The molecule has 0 bridgehead atoms. The summed E-state index contributed by atoms with van der Waals surface area (Å²) in [6.45, 7) is 7.16. The fraction of sp³-hybridized carbons (Fsp3) is 0.500. The third-order valence-electron chi connectivity index (χ3n) is 6.53. The van der Waals surface area contributed by atoms with Crippen LogP contribution in [0.2, 0.25) is 0 Å². The number of hydrogen-bond acceptors (Lipinski definition) is 5. The zero-order chi connectivity index (χ0) is 24.5. The average molecular weight is 487 g/mol. The van der Waals surface area contributed by atoms with E-state index in [4.69, 9.17) is 9.47 Å². The quantitative estimate of drug-likeness (QED) is 0.636. The first-order chi connectivity index (χ1) is 16.1. The van der Waals surface area contributed by atoms with E-state index in [1.807, 2.05) is 32.9 Å². The molecule has 1 atom stereocenters. The second-order valence-electron chi connectivity index (χ2n) is 9.81. The SMILES string of the molecule is COc1ccc(S(=O)(=O)N2CCCC2)cc1CCC(=O)NC1CC(C)(C)Oc2ccc(C)cc21. The first-order valence-corrected chi connectivity index (χ1v) is 13.3. The van der Waals surface area contributed by atoms with Crippen LogP contribution in [0.15, 0.2) is 41.3 Å². The molecular weight excluding hydrogens is 452 g/mol. The molecule has 2 heterocycles. The number of ether oxygens (including phenoxy) is 2. The van der Waals surface area contributed by atoms with Crippen molar-refractivity contribution in [3.05, 3.63) is 53.1 Å². The Morgan fingerprint density at radius 3 is 2.62 bits per heavy atom. The van der Waals surface area contributed by atoms with Crippen molar-refractivity contribution in [2.45, 2.75) is 69.4 Å². The van der Waals surface area contributed by atoms with Crippen molar-refractivity contribution in [1.29, 1.82) is 0 Å². The molecular formula is C26H34N2O5S. The predicted octanol–water partition coefficient (Wildman–Crippen LogP) is 4.14. The second kappa shape index (κ2) is 9.58. The molecule has 4 rings (SSSR count). The summed E-state index contributed by atoms with van der Waals surface area (Å²) in [7, 11) is -1.98. The summed E-state index contributed by atoms with van der Waals surface area (Å²) in [6.07, 6.45) is 3.04. The van der Waals surface area contributed by atoms with Crippen LogP contribution in [0.3, 0.4) is 0 Å². The maximum absolute atomic E-state index is 13.0. The van der Waals surface area contributed by atoms with E-state index in [9.17, 15) is 13.2 Å². The normalized spacial score (nSPS) is 19.8. The van der Waals surface area contributed by atoms with Crippen molar-refractivity contribution in [3.63, 3.8) is 0 Å². The molecule has 1 saturated heterocycles. The van der Waals surface area contributed by atoms with Gasteiger partial charge in [0.15, 0.2) is 0 Å². The number of aryl methyl sites for hydroxylation is 2. The third-order valence-corrected chi connectivity index (χ3v) is 8.43. The largest absolute Gasteiger partial charge is 0.496 e. The number of nitrogens with zero attached hydrogens (tertiary/aromatic N) is 1. The van der Waals surface area contributed by atoms with Crippen molar-refractivity contribution in [1.82, 2.24) is 9.62 Å². The highest BCUT2D eigenvalue weighted by Crippen LogP contribution is 2.40. The summed E-state index contributed by atoms with van der Waals surface area (Å²) in [6, 6.07) is 10.8. The number of rotatable bonds is 7. The van der Waals surface area contributed by atoms with Gasteiger partial charge in [-0.25, -0.2) is 8.42 Å². The number of benzene rings is 2. The van der Waals surface area contributed by atoms with Gasteiger partial charge in [-0.05, 0) is 69.9 Å². The van der Waals surface area contributed by atoms with Crippen molar-refractivity contribution in [2.24, 2.45) is 0 Å². The van der Waals surface area contributed by atoms with Crippen LogP contribution in [0.5, 0.6) is 11.5 Å². The highest BCUT2D eigenvalue weighted by atomic mass is 32.2. The Kier molecular flexibility index (Phi) is 6.92. The standard InChI is InChI=1S/C26H34N2O5S/c1-18-7-10-24-21(15-18)22(17-26(2,3)33-24)27-25(29)12-8-19-16-20(9-11-23(19)32-4)34(30,31)28-13-5-6-14-28/h7,9-11,15-16,22H,5-6,8,12-14,17H2,1-4H3,(H,27,29). The molecule has 2 aliphatic rings. The number of hydrogen-bond donors (Lipinski definition) is 1. The smallest absolute Gasteiger partial charge is 0.243 e. The topological polar surface area (TPSA) is 84.9 Å². The van der Waals surface area contributed by atoms with Crippen LogP contribution < -0.4 is 14.8 Å². The second-order valence-corrected chi connectivity index (χ2v) is 11.8. The first-order valence-electron chi connectivity index (χ1n) is 11.8. The minimum atomic E-state index is -3.53. The Morgan fingerprint density at radius 1 is 1.18 bits per heavy atom. The highest BCUT2D eigenvalue weighted by molar-refractivity contribution is 7.89. The van der Waals surface area contributed by atoms with Gasteiger partial charge in [0.1, 0.15) is 17.1 Å². The van der Waals surface area contributed by atoms with E-state index in [-0.39, 0.29) is 28.9 Å². The lowest BCUT2D eigenvalue weighted by Gasteiger charge is -2.38. The van der Waals surface area contributed by atoms with E-state index in [0.29, 0.717) is 37.2 Å². The van der Waals surface area contributed by atoms with Gasteiger partial charge in [0.2, 0.25) is 15.9 Å². The van der Waals surface area contributed by atoms with E-state index in [1.165, 1.54) is 4.31 Å². The van der Waals surface area contributed by atoms with Gasteiger partial charge in [-0.1, -0.05) is 17.7 Å². The Hall–Kier alpha value is -2.58. The number of carbonyl (C=O) groups is 1. The molecule has 1 amide bonds. The Balaban J connectivity index is 1.48. The molecule has 0 saturated carbocycles. The van der Waals surface area contributed by atoms with Crippen LogP contribution >= 0.6 is 0 Å². The first kappa shape index (κ1) is 24.5. The summed E-state index contributed by atoms with van der Waals surface area (Å²) in [5, 5.41) is 3.17. The zero-order valence-corrected chi connectivity index (χ0v) is 21.2. The molecule has 1 unspecified atom stereocenters. The lowest BCUT2D eigenvalue weighted by molar-refractivity contribution is -0.122. The molecule has 0 spiro atoms. The lowest BCUT2D eigenvalue weighted by Crippen LogP contribution is -2.41. The Morgan fingerprint density at radius 2 is 1.91 bits per heavy atom. The number of carbonyl (C=O) groups excluding carboxylic acids is 1. The fourth-order valence-corrected chi connectivity index (χ4v) is 6.37. The number of fused-ring (bicyclic) bond motifs is 1. The van der Waals surface area contributed by atoms with Gasteiger partial charge < -0.3 is 14.8 Å². The van der Waals surface area contributed by atoms with Gasteiger partial charge in [-0.15, -0.1) is 0 Å². The molecule has 0 aromatic heterocycles. The predicted molar refractivity (Wildman–Crippen MR) is 131 cm³/mol. The molecule has 2 aliphatic heterocycles. The molecule has 2 aromatic carbocycles. The number of sulfonamides is 1. The van der Waals surface area contributed by atoms with Crippen LogP contribution in [0, 0.1) is 6.92 Å². The molecule has 1 fully saturated rings. The fourth-order valence-electron chi connectivity index (χ4n) is 4.81. The van der Waals surface area contributed by atoms with Gasteiger partial charge in [-0.2, -0.15) is 4.31 Å². The molecule has 184 valence electrons. The van der Waals surface area contributed by atoms with Gasteiger partial charge in [-0.3, -0.25) is 4.79 Å². The molecule has 2 aromatic rings. The molecule has 8 heteroatoms. The number of nitrogens with one attached hydrogen (secondary N) is 1. The van der Waals surface area contributed by atoms with E-state index >= 15 is 0 Å². The van der Waals surface area contributed by atoms with Gasteiger partial charge in [0.05, 0.1) is 18.0 Å².